The first-order chi connectivity index (χ1) is 11.4. The maximum absolute atomic E-state index is 12.3. The Bertz CT molecular complexity index is 855. The molecule has 0 saturated carbocycles. The predicted molar refractivity (Wildman–Crippen MR) is 87.8 cm³/mol. The van der Waals surface area contributed by atoms with Gasteiger partial charge in [0.1, 0.15) is 11.6 Å². The van der Waals surface area contributed by atoms with Crippen LogP contribution in [0.25, 0.3) is 0 Å². The summed E-state index contributed by atoms with van der Waals surface area (Å²) in [7, 11) is -1.95. The number of aryl methyl sites for hydroxylation is 2. The summed E-state index contributed by atoms with van der Waals surface area (Å²) in [5.74, 6) is 1.22. The number of anilines is 1. The van der Waals surface area contributed by atoms with Crippen LogP contribution in [0.1, 0.15) is 24.2 Å². The quantitative estimate of drug-likeness (QED) is 0.858. The largest absolute Gasteiger partial charge is 0.337 e. The summed E-state index contributed by atoms with van der Waals surface area (Å²) < 4.78 is 28.8. The minimum absolute atomic E-state index is 0.00787. The zero-order valence-electron chi connectivity index (χ0n) is 13.6. The van der Waals surface area contributed by atoms with Gasteiger partial charge in [-0.1, -0.05) is 0 Å². The summed E-state index contributed by atoms with van der Waals surface area (Å²) in [6, 6.07) is 3.45. The number of hydrogen-bond acceptors (Lipinski definition) is 5. The smallest absolute Gasteiger partial charge is 0.259 e. The van der Waals surface area contributed by atoms with Gasteiger partial charge < -0.3 is 4.57 Å². The number of amides is 1. The van der Waals surface area contributed by atoms with Crippen LogP contribution in [0.2, 0.25) is 0 Å². The van der Waals surface area contributed by atoms with Gasteiger partial charge in [0.25, 0.3) is 10.0 Å². The molecule has 2 aromatic heterocycles. The first-order valence-electron chi connectivity index (χ1n) is 7.62. The normalized spacial score (nSPS) is 15.2. The average molecular weight is 349 g/mol. The molecular formula is C15H19N5O3S. The van der Waals surface area contributed by atoms with Crippen LogP contribution < -0.4 is 9.62 Å². The fourth-order valence-electron chi connectivity index (χ4n) is 2.52. The van der Waals surface area contributed by atoms with E-state index in [0.29, 0.717) is 24.6 Å². The number of aromatic nitrogens is 3. The van der Waals surface area contributed by atoms with Gasteiger partial charge in [-0.25, -0.2) is 23.1 Å². The molecule has 0 aromatic carbocycles. The molecule has 1 saturated heterocycles. The second-order valence-corrected chi connectivity index (χ2v) is 7.45. The number of carbonyl (C=O) groups is 1. The number of nitrogens with zero attached hydrogens (tertiary/aromatic N) is 4. The molecule has 0 unspecified atom stereocenters. The van der Waals surface area contributed by atoms with Gasteiger partial charge in [0.15, 0.2) is 5.03 Å². The van der Waals surface area contributed by atoms with Crippen LogP contribution in [0.5, 0.6) is 0 Å². The number of imidazole rings is 1. The van der Waals surface area contributed by atoms with Gasteiger partial charge in [0, 0.05) is 39.0 Å². The number of pyridine rings is 1. The van der Waals surface area contributed by atoms with Crippen molar-refractivity contribution in [3.63, 3.8) is 0 Å². The van der Waals surface area contributed by atoms with Crippen molar-refractivity contribution in [1.82, 2.24) is 19.3 Å². The second kappa shape index (κ2) is 6.33. The number of nitrogens with one attached hydrogen (secondary N) is 1. The van der Waals surface area contributed by atoms with Gasteiger partial charge in [-0.05, 0) is 31.0 Å². The van der Waals surface area contributed by atoms with Crippen molar-refractivity contribution in [2.45, 2.75) is 31.3 Å². The van der Waals surface area contributed by atoms with E-state index in [1.807, 2.05) is 0 Å². The molecule has 24 heavy (non-hydrogen) atoms. The lowest BCUT2D eigenvalue weighted by atomic mass is 10.2. The third-order valence-electron chi connectivity index (χ3n) is 3.99. The van der Waals surface area contributed by atoms with Crippen LogP contribution in [0.4, 0.5) is 5.82 Å². The lowest BCUT2D eigenvalue weighted by Gasteiger charge is -2.15. The summed E-state index contributed by atoms with van der Waals surface area (Å²) >= 11 is 0. The number of rotatable bonds is 5. The molecule has 0 spiro atoms. The van der Waals surface area contributed by atoms with E-state index in [-0.39, 0.29) is 17.5 Å². The van der Waals surface area contributed by atoms with E-state index in [1.165, 1.54) is 6.20 Å². The van der Waals surface area contributed by atoms with E-state index < -0.39 is 10.0 Å². The fraction of sp³-hybridized carbons (Fsp3) is 0.400. The third-order valence-corrected chi connectivity index (χ3v) is 5.26. The lowest BCUT2D eigenvalue weighted by Crippen LogP contribution is -2.26. The number of sulfonamides is 1. The van der Waals surface area contributed by atoms with Crippen molar-refractivity contribution < 1.29 is 13.2 Å². The van der Waals surface area contributed by atoms with Crippen LogP contribution in [0.3, 0.4) is 0 Å². The highest BCUT2D eigenvalue weighted by atomic mass is 32.2. The van der Waals surface area contributed by atoms with Crippen molar-refractivity contribution in [1.29, 1.82) is 0 Å². The Morgan fingerprint density at radius 1 is 1.38 bits per heavy atom. The Morgan fingerprint density at radius 3 is 2.79 bits per heavy atom. The van der Waals surface area contributed by atoms with Crippen molar-refractivity contribution >= 4 is 21.7 Å². The highest BCUT2D eigenvalue weighted by molar-refractivity contribution is 7.89. The molecular weight excluding hydrogens is 330 g/mol. The van der Waals surface area contributed by atoms with Gasteiger partial charge in [-0.3, -0.25) is 9.69 Å². The standard InChI is InChI=1S/C15H19N5O3S/c1-11-18-14(10-19(11)2)24(22,23)17-9-12-5-6-16-13(8-12)20-7-3-4-15(20)21/h5-6,8,10,17H,3-4,7,9H2,1-2H3. The number of carbonyl (C=O) groups excluding carboxylic acids is 1. The first kappa shape index (κ1) is 16.6. The van der Waals surface area contributed by atoms with E-state index in [2.05, 4.69) is 14.7 Å². The van der Waals surface area contributed by atoms with E-state index >= 15 is 0 Å². The monoisotopic (exact) mass is 349 g/mol. The highest BCUT2D eigenvalue weighted by Crippen LogP contribution is 2.20. The van der Waals surface area contributed by atoms with Crippen molar-refractivity contribution in [3.05, 3.63) is 35.9 Å². The maximum Gasteiger partial charge on any atom is 0.259 e. The molecule has 1 aliphatic heterocycles. The maximum atomic E-state index is 12.3. The molecule has 1 N–H and O–H groups in total. The Morgan fingerprint density at radius 2 is 2.17 bits per heavy atom. The van der Waals surface area contributed by atoms with Crippen LogP contribution in [0, 0.1) is 6.92 Å². The molecule has 9 heteroatoms. The van der Waals surface area contributed by atoms with Crippen LogP contribution in [-0.4, -0.2) is 35.4 Å². The predicted octanol–water partition coefficient (Wildman–Crippen LogP) is 0.729. The molecule has 3 rings (SSSR count). The molecule has 8 nitrogen and oxygen atoms in total. The van der Waals surface area contributed by atoms with E-state index in [1.54, 1.807) is 41.8 Å². The van der Waals surface area contributed by atoms with Crippen LogP contribution in [0.15, 0.2) is 29.6 Å². The summed E-state index contributed by atoms with van der Waals surface area (Å²) in [6.45, 7) is 2.49. The minimum Gasteiger partial charge on any atom is -0.337 e. The van der Waals surface area contributed by atoms with E-state index in [0.717, 1.165) is 12.0 Å². The Kier molecular flexibility index (Phi) is 4.37. The molecule has 2 aromatic rings. The van der Waals surface area contributed by atoms with Gasteiger partial charge >= 0.3 is 0 Å². The van der Waals surface area contributed by atoms with Crippen LogP contribution in [-0.2, 0) is 28.4 Å². The van der Waals surface area contributed by atoms with E-state index in [9.17, 15) is 13.2 Å². The summed E-state index contributed by atoms with van der Waals surface area (Å²) in [4.78, 5) is 21.6. The molecule has 3 heterocycles. The lowest BCUT2D eigenvalue weighted by molar-refractivity contribution is -0.117. The second-order valence-electron chi connectivity index (χ2n) is 5.73. The molecule has 1 amide bonds. The molecule has 128 valence electrons. The minimum atomic E-state index is -3.69. The van der Waals surface area contributed by atoms with Crippen molar-refractivity contribution in [2.75, 3.05) is 11.4 Å². The molecule has 0 bridgehead atoms. The molecule has 0 atom stereocenters. The SMILES string of the molecule is Cc1nc(S(=O)(=O)NCc2ccnc(N3CCCC3=O)c2)cn1C. The Labute approximate surface area is 140 Å². The highest BCUT2D eigenvalue weighted by Gasteiger charge is 2.23. The fourth-order valence-corrected chi connectivity index (χ4v) is 3.57. The summed E-state index contributed by atoms with van der Waals surface area (Å²) in [5.41, 5.74) is 0.732. The number of hydrogen-bond donors (Lipinski definition) is 1. The average Bonchev–Trinajstić information content (AvgIpc) is 3.12. The third kappa shape index (κ3) is 3.31. The van der Waals surface area contributed by atoms with Gasteiger partial charge in [0.2, 0.25) is 5.91 Å². The summed E-state index contributed by atoms with van der Waals surface area (Å²) in [5, 5.41) is -0.00787. The summed E-state index contributed by atoms with van der Waals surface area (Å²) in [6.07, 6.45) is 4.39. The Balaban J connectivity index is 1.73. The molecule has 0 aliphatic carbocycles. The van der Waals surface area contributed by atoms with Crippen molar-refractivity contribution in [3.8, 4) is 0 Å². The zero-order valence-corrected chi connectivity index (χ0v) is 14.4. The first-order valence-corrected chi connectivity index (χ1v) is 9.10. The van der Waals surface area contributed by atoms with Crippen molar-refractivity contribution in [2.24, 2.45) is 7.05 Å². The molecule has 1 fully saturated rings. The van der Waals surface area contributed by atoms with Gasteiger partial charge in [0.05, 0.1) is 0 Å². The molecule has 0 radical (unpaired) electrons. The Hall–Kier alpha value is -2.26. The van der Waals surface area contributed by atoms with Gasteiger partial charge in [-0.2, -0.15) is 0 Å². The zero-order chi connectivity index (χ0) is 17.3. The van der Waals surface area contributed by atoms with Crippen LogP contribution >= 0.6 is 0 Å². The van der Waals surface area contributed by atoms with Gasteiger partial charge in [-0.15, -0.1) is 0 Å². The topological polar surface area (TPSA) is 97.2 Å². The molecule has 1 aliphatic rings. The van der Waals surface area contributed by atoms with E-state index in [4.69, 9.17) is 0 Å².